The van der Waals surface area contributed by atoms with Gasteiger partial charge in [0.25, 0.3) is 0 Å². The van der Waals surface area contributed by atoms with E-state index in [0.29, 0.717) is 18.5 Å². The zero-order chi connectivity index (χ0) is 44.1. The van der Waals surface area contributed by atoms with Crippen LogP contribution in [-0.4, -0.2) is 122 Å². The summed E-state index contributed by atoms with van der Waals surface area (Å²) in [4.78, 5) is 64.5. The van der Waals surface area contributed by atoms with Crippen LogP contribution in [0.4, 0.5) is 0 Å². The van der Waals surface area contributed by atoms with Gasteiger partial charge in [0.2, 0.25) is 12.4 Å². The fourth-order valence-electron chi connectivity index (χ4n) is 5.30. The summed E-state index contributed by atoms with van der Waals surface area (Å²) in [5.74, 6) is -4.88. The van der Waals surface area contributed by atoms with E-state index in [1.165, 1.54) is 24.3 Å². The minimum atomic E-state index is -4.94. The maximum atomic E-state index is 13.3. The average Bonchev–Trinajstić information content (AvgIpc) is 3.18. The largest absolute Gasteiger partial charge is 0.501 e. The van der Waals surface area contributed by atoms with Crippen molar-refractivity contribution in [2.45, 2.75) is 76.6 Å². The predicted molar refractivity (Wildman–Crippen MR) is 208 cm³/mol. The molecule has 2 aromatic carbocycles. The molecule has 330 valence electrons. The van der Waals surface area contributed by atoms with Crippen LogP contribution < -0.4 is 13.1 Å². The number of halogens is 1. The number of alkyl halides is 1. The number of carbonyl (C=O) groups is 5. The minimum Gasteiger partial charge on any atom is -0.463 e. The monoisotopic (exact) mass is 931 g/mol. The highest BCUT2D eigenvalue weighted by Gasteiger charge is 2.53. The third kappa shape index (κ3) is 17.7. The highest BCUT2D eigenvalue weighted by Crippen LogP contribution is 2.36. The van der Waals surface area contributed by atoms with E-state index < -0.39 is 88.9 Å². The van der Waals surface area contributed by atoms with Crippen molar-refractivity contribution in [3.63, 3.8) is 0 Å². The lowest BCUT2D eigenvalue weighted by atomic mass is 9.98. The number of carbonyl (C=O) groups excluding carboxylic acids is 5. The van der Waals surface area contributed by atoms with Crippen LogP contribution in [0.5, 0.6) is 17.2 Å². The zero-order valence-corrected chi connectivity index (χ0v) is 35.6. The summed E-state index contributed by atoms with van der Waals surface area (Å²) in [6.07, 6.45) is -7.66. The molecule has 60 heavy (non-hydrogen) atoms. The molecule has 1 unspecified atom stereocenters. The summed E-state index contributed by atoms with van der Waals surface area (Å²) < 4.78 is 86.7. The number of rotatable bonds is 26. The summed E-state index contributed by atoms with van der Waals surface area (Å²) in [6.45, 7) is 5.51. The summed E-state index contributed by atoms with van der Waals surface area (Å²) in [7, 11) is -4.94. The van der Waals surface area contributed by atoms with E-state index in [-0.39, 0.29) is 57.1 Å². The van der Waals surface area contributed by atoms with Gasteiger partial charge in [-0.15, -0.1) is 8.42 Å². The van der Waals surface area contributed by atoms with E-state index in [2.05, 4.69) is 26.0 Å². The van der Waals surface area contributed by atoms with Crippen molar-refractivity contribution in [2.24, 2.45) is 5.11 Å². The van der Waals surface area contributed by atoms with Crippen LogP contribution in [-0.2, 0) is 72.8 Å². The Morgan fingerprint density at radius 3 is 1.95 bits per heavy atom. The molecule has 21 nitrogen and oxygen atoms in total. The van der Waals surface area contributed by atoms with Gasteiger partial charge in [0.1, 0.15) is 18.5 Å². The topological polar surface area (TPSA) is 270 Å². The van der Waals surface area contributed by atoms with Gasteiger partial charge in [-0.25, -0.2) is 0 Å². The fraction of sp³-hybridized carbons (Fsp3) is 0.541. The van der Waals surface area contributed by atoms with E-state index >= 15 is 0 Å². The highest BCUT2D eigenvalue weighted by atomic mass is 79.9. The van der Waals surface area contributed by atoms with E-state index in [0.717, 1.165) is 39.3 Å². The van der Waals surface area contributed by atoms with Crippen molar-refractivity contribution < 1.29 is 83.4 Å². The van der Waals surface area contributed by atoms with Crippen LogP contribution in [0.2, 0.25) is 0 Å². The van der Waals surface area contributed by atoms with Crippen LogP contribution in [0, 0.1) is 0 Å². The lowest BCUT2D eigenvalue weighted by Crippen LogP contribution is -2.63. The summed E-state index contributed by atoms with van der Waals surface area (Å²) in [6, 6.07) is 9.60. The first-order valence-electron chi connectivity index (χ1n) is 18.3. The van der Waals surface area contributed by atoms with Gasteiger partial charge in [0, 0.05) is 63.1 Å². The number of Topliss-reactive ketones (excluding diaryl/α,β-unsaturated/α-hetero) is 1. The molecule has 0 aliphatic carbocycles. The third-order valence-corrected chi connectivity index (χ3v) is 9.19. The molecule has 0 saturated carbocycles. The molecule has 23 heteroatoms. The average molecular weight is 933 g/mol. The predicted octanol–water partition coefficient (Wildman–Crippen LogP) is 4.07. The number of ketones is 1. The number of benzene rings is 2. The molecule has 1 aliphatic heterocycles. The molecule has 0 radical (unpaired) electrons. The Hall–Kier alpha value is -5.03. The second kappa shape index (κ2) is 25.6. The number of hydrogen-bond donors (Lipinski definition) is 0. The molecule has 0 spiro atoms. The molecule has 1 saturated heterocycles. The number of azide groups is 1. The van der Waals surface area contributed by atoms with E-state index in [9.17, 15) is 32.4 Å². The maximum Gasteiger partial charge on any atom is 0.501 e. The Morgan fingerprint density at radius 1 is 0.750 bits per heavy atom. The van der Waals surface area contributed by atoms with E-state index in [1.54, 1.807) is 12.1 Å². The van der Waals surface area contributed by atoms with Gasteiger partial charge < -0.3 is 51.0 Å². The first kappa shape index (κ1) is 49.3. The molecule has 1 fully saturated rings. The molecule has 0 N–H and O–H groups in total. The summed E-state index contributed by atoms with van der Waals surface area (Å²) in [5, 5.41) is 3.85. The van der Waals surface area contributed by atoms with Crippen molar-refractivity contribution >= 4 is 56.0 Å². The number of nitrogens with zero attached hydrogens (tertiary/aromatic N) is 3. The van der Waals surface area contributed by atoms with Gasteiger partial charge in [-0.1, -0.05) is 33.2 Å². The highest BCUT2D eigenvalue weighted by molar-refractivity contribution is 9.08. The second-order valence-electron chi connectivity index (χ2n) is 12.5. The zero-order valence-electron chi connectivity index (χ0n) is 33.2. The lowest BCUT2D eigenvalue weighted by molar-refractivity contribution is -0.288. The molecule has 0 aromatic heterocycles. The molecule has 3 rings (SSSR count). The van der Waals surface area contributed by atoms with E-state index in [4.69, 9.17) is 56.5 Å². The van der Waals surface area contributed by atoms with Gasteiger partial charge in [-0.05, 0) is 47.8 Å². The van der Waals surface area contributed by atoms with Crippen molar-refractivity contribution in [3.8, 4) is 17.2 Å². The minimum absolute atomic E-state index is 0.000405. The molecular weight excluding hydrogens is 886 g/mol. The number of ether oxygens (including phenoxy) is 9. The standard InChI is InChI=1S/C37H46BrN3O18S/c1-23(42)52-22-33-34(53-24(2)43)35(54-25(3)44)36(55-26(4)45)37(57-33)56-31-12-9-28(20-32(31)59-60(47,48)58-29-10-7-27(21-38)8-11-29)30(46)6-5-14-49-16-18-51-19-17-50-15-13-40-41-39/h7-12,20,33-37H,5-6,13-19,21-22H2,1-4H3/t33-,34+,35+,36-,37?/m1/s1. The Labute approximate surface area is 354 Å². The quantitative estimate of drug-likeness (QED) is 0.0188. The Kier molecular flexibility index (Phi) is 21.0. The van der Waals surface area contributed by atoms with Gasteiger partial charge in [-0.3, -0.25) is 24.0 Å². The molecular formula is C37H46BrN3O18S. The van der Waals surface area contributed by atoms with Crippen LogP contribution >= 0.6 is 15.9 Å². The van der Waals surface area contributed by atoms with Crippen molar-refractivity contribution in [1.29, 1.82) is 0 Å². The van der Waals surface area contributed by atoms with Crippen molar-refractivity contribution in [1.82, 2.24) is 0 Å². The van der Waals surface area contributed by atoms with Crippen molar-refractivity contribution in [3.05, 3.63) is 64.0 Å². The molecule has 1 heterocycles. The maximum absolute atomic E-state index is 13.3. The molecule has 0 amide bonds. The first-order chi connectivity index (χ1) is 28.6. The Bertz CT molecular complexity index is 1910. The van der Waals surface area contributed by atoms with Gasteiger partial charge in [-0.2, -0.15) is 0 Å². The Morgan fingerprint density at radius 2 is 1.35 bits per heavy atom. The normalized spacial score (nSPS) is 18.6. The second-order valence-corrected chi connectivity index (χ2v) is 14.2. The fourth-order valence-corrected chi connectivity index (χ4v) is 6.41. The molecule has 2 aromatic rings. The SMILES string of the molecule is CC(=O)OC[C@H]1OC(Oc2ccc(C(=O)CCCOCCOCCOCCN=[N+]=[N-])cc2OS(=O)(=O)Oc2ccc(CBr)cc2)[C@H](OC(C)=O)[C@@H](OC(C)=O)[C@H]1OC(C)=O. The third-order valence-electron chi connectivity index (χ3n) is 7.76. The smallest absolute Gasteiger partial charge is 0.463 e. The summed E-state index contributed by atoms with van der Waals surface area (Å²) >= 11 is 3.31. The van der Waals surface area contributed by atoms with Crippen LogP contribution in [0.1, 0.15) is 56.5 Å². The molecule has 5 atom stereocenters. The lowest BCUT2D eigenvalue weighted by Gasteiger charge is -2.43. The number of esters is 4. The van der Waals surface area contributed by atoms with Crippen LogP contribution in [0.25, 0.3) is 10.4 Å². The van der Waals surface area contributed by atoms with Crippen molar-refractivity contribution in [2.75, 3.05) is 52.8 Å². The van der Waals surface area contributed by atoms with Gasteiger partial charge in [0.15, 0.2) is 29.5 Å². The number of hydrogen-bond acceptors (Lipinski definition) is 19. The van der Waals surface area contributed by atoms with E-state index in [1.807, 2.05) is 0 Å². The van der Waals surface area contributed by atoms with Gasteiger partial charge in [0.05, 0.1) is 33.0 Å². The molecule has 1 aliphatic rings. The molecule has 0 bridgehead atoms. The van der Waals surface area contributed by atoms with Gasteiger partial charge >= 0.3 is 34.3 Å². The van der Waals surface area contributed by atoms with Crippen LogP contribution in [0.15, 0.2) is 47.6 Å². The van der Waals surface area contributed by atoms with Crippen LogP contribution in [0.3, 0.4) is 0 Å². The first-order valence-corrected chi connectivity index (χ1v) is 20.7. The Balaban J connectivity index is 1.86. The summed E-state index contributed by atoms with van der Waals surface area (Å²) in [5.41, 5.74) is 9.08.